The van der Waals surface area contributed by atoms with Crippen LogP contribution in [0.15, 0.2) is 41.5 Å². The summed E-state index contributed by atoms with van der Waals surface area (Å²) in [6, 6.07) is 8.53. The molecule has 0 atom stereocenters. The van der Waals surface area contributed by atoms with Gasteiger partial charge in [0.15, 0.2) is 23.9 Å². The average Bonchev–Trinajstić information content (AvgIpc) is 2.62. The molecular formula is C16H14ClN3O6. The third-order valence-electron chi connectivity index (χ3n) is 3.10. The number of hydrogen-bond acceptors (Lipinski definition) is 7. The largest absolute Gasteiger partial charge is 0.504 e. The van der Waals surface area contributed by atoms with Gasteiger partial charge in [-0.1, -0.05) is 23.7 Å². The normalized spacial score (nSPS) is 10.5. The second-order valence-electron chi connectivity index (χ2n) is 4.85. The molecule has 2 N–H and O–H groups in total. The van der Waals surface area contributed by atoms with E-state index in [1.807, 2.05) is 0 Å². The zero-order chi connectivity index (χ0) is 19.1. The van der Waals surface area contributed by atoms with Crippen LogP contribution >= 0.6 is 11.6 Å². The van der Waals surface area contributed by atoms with Gasteiger partial charge in [-0.2, -0.15) is 5.10 Å². The van der Waals surface area contributed by atoms with Crippen molar-refractivity contribution in [3.8, 4) is 17.2 Å². The number of carbonyl (C=O) groups is 1. The van der Waals surface area contributed by atoms with E-state index in [1.165, 1.54) is 43.7 Å². The number of phenols is 1. The van der Waals surface area contributed by atoms with Crippen molar-refractivity contribution in [3.05, 3.63) is 57.1 Å². The molecule has 0 radical (unpaired) electrons. The molecule has 0 spiro atoms. The van der Waals surface area contributed by atoms with Crippen molar-refractivity contribution in [2.24, 2.45) is 5.10 Å². The smallest absolute Gasteiger partial charge is 0.310 e. The summed E-state index contributed by atoms with van der Waals surface area (Å²) < 4.78 is 10.1. The Labute approximate surface area is 153 Å². The molecule has 0 aliphatic carbocycles. The number of nitrogens with one attached hydrogen (secondary N) is 1. The highest BCUT2D eigenvalue weighted by Crippen LogP contribution is 2.32. The van der Waals surface area contributed by atoms with Gasteiger partial charge < -0.3 is 14.6 Å². The second-order valence-corrected chi connectivity index (χ2v) is 5.29. The number of ether oxygens (including phenoxy) is 2. The number of phenolic OH excluding ortho intramolecular Hbond substituents is 1. The molecule has 2 aromatic rings. The first-order chi connectivity index (χ1) is 12.4. The van der Waals surface area contributed by atoms with E-state index in [2.05, 4.69) is 10.5 Å². The molecule has 0 saturated heterocycles. The van der Waals surface area contributed by atoms with E-state index in [0.29, 0.717) is 5.02 Å². The number of methoxy groups -OCH3 is 1. The Morgan fingerprint density at radius 1 is 1.38 bits per heavy atom. The topological polar surface area (TPSA) is 123 Å². The van der Waals surface area contributed by atoms with Crippen LogP contribution < -0.4 is 14.9 Å². The minimum absolute atomic E-state index is 0.0335. The average molecular weight is 380 g/mol. The molecule has 0 fully saturated rings. The van der Waals surface area contributed by atoms with Crippen molar-refractivity contribution < 1.29 is 24.3 Å². The number of aromatic hydroxyl groups is 1. The van der Waals surface area contributed by atoms with Gasteiger partial charge in [0.25, 0.3) is 5.91 Å². The number of nitro groups is 1. The Hall–Kier alpha value is -3.33. The second kappa shape index (κ2) is 8.67. The molecule has 9 nitrogen and oxygen atoms in total. The summed E-state index contributed by atoms with van der Waals surface area (Å²) in [5.74, 6) is -0.710. The number of amides is 1. The molecule has 0 aromatic heterocycles. The lowest BCUT2D eigenvalue weighted by molar-refractivity contribution is -0.385. The van der Waals surface area contributed by atoms with Gasteiger partial charge in [-0.05, 0) is 12.1 Å². The standard InChI is InChI=1S/C16H14ClN3O6/c1-25-14-7-11(17)6-10(16(14)22)8-18-19-15(21)9-26-13-5-3-2-4-12(13)20(23)24/h2-8,22H,9H2,1H3,(H,19,21)/b18-8+. The molecule has 10 heteroatoms. The number of rotatable bonds is 7. The predicted octanol–water partition coefficient (Wildman–Crippen LogP) is 2.49. The number of nitro benzene ring substituents is 1. The summed E-state index contributed by atoms with van der Waals surface area (Å²) in [6.45, 7) is -0.479. The Kier molecular flexibility index (Phi) is 6.34. The van der Waals surface area contributed by atoms with Gasteiger partial charge in [-0.25, -0.2) is 5.43 Å². The van der Waals surface area contributed by atoms with Gasteiger partial charge in [0.1, 0.15) is 0 Å². The number of nitrogens with zero attached hydrogens (tertiary/aromatic N) is 2. The first kappa shape index (κ1) is 19.0. The fraction of sp³-hybridized carbons (Fsp3) is 0.125. The summed E-state index contributed by atoms with van der Waals surface area (Å²) in [5.41, 5.74) is 2.16. The molecule has 0 saturated carbocycles. The zero-order valence-corrected chi connectivity index (χ0v) is 14.3. The lowest BCUT2D eigenvalue weighted by Crippen LogP contribution is -2.24. The van der Waals surface area contributed by atoms with Crippen LogP contribution in [-0.4, -0.2) is 35.9 Å². The molecule has 0 heterocycles. The van der Waals surface area contributed by atoms with Crippen LogP contribution in [-0.2, 0) is 4.79 Å². The summed E-state index contributed by atoms with van der Waals surface area (Å²) in [7, 11) is 1.37. The van der Waals surface area contributed by atoms with Crippen molar-refractivity contribution >= 4 is 29.4 Å². The molecule has 0 unspecified atom stereocenters. The van der Waals surface area contributed by atoms with E-state index in [4.69, 9.17) is 21.1 Å². The van der Waals surface area contributed by atoms with Crippen molar-refractivity contribution in [1.29, 1.82) is 0 Å². The van der Waals surface area contributed by atoms with Crippen LogP contribution in [0.4, 0.5) is 5.69 Å². The quantitative estimate of drug-likeness (QED) is 0.432. The number of benzene rings is 2. The molecular weight excluding hydrogens is 366 g/mol. The molecule has 26 heavy (non-hydrogen) atoms. The zero-order valence-electron chi connectivity index (χ0n) is 13.5. The van der Waals surface area contributed by atoms with Crippen LogP contribution in [0, 0.1) is 10.1 Å². The lowest BCUT2D eigenvalue weighted by atomic mass is 10.2. The summed E-state index contributed by atoms with van der Waals surface area (Å²) in [5, 5.41) is 24.8. The molecule has 1 amide bonds. The van der Waals surface area contributed by atoms with E-state index in [0.717, 1.165) is 0 Å². The number of hydrazone groups is 1. The van der Waals surface area contributed by atoms with Crippen molar-refractivity contribution in [2.45, 2.75) is 0 Å². The van der Waals surface area contributed by atoms with E-state index in [9.17, 15) is 20.0 Å². The molecule has 0 bridgehead atoms. The number of hydrogen-bond donors (Lipinski definition) is 2. The number of halogens is 1. The maximum atomic E-state index is 11.7. The van der Waals surface area contributed by atoms with Crippen LogP contribution in [0.5, 0.6) is 17.2 Å². The molecule has 0 aliphatic rings. The maximum absolute atomic E-state index is 11.7. The van der Waals surface area contributed by atoms with Crippen LogP contribution in [0.3, 0.4) is 0 Å². The molecule has 136 valence electrons. The van der Waals surface area contributed by atoms with Crippen molar-refractivity contribution in [3.63, 3.8) is 0 Å². The van der Waals surface area contributed by atoms with E-state index >= 15 is 0 Å². The van der Waals surface area contributed by atoms with Crippen LogP contribution in [0.1, 0.15) is 5.56 Å². The lowest BCUT2D eigenvalue weighted by Gasteiger charge is -2.07. The third kappa shape index (κ3) is 4.84. The van der Waals surface area contributed by atoms with Gasteiger partial charge in [0, 0.05) is 22.7 Å². The maximum Gasteiger partial charge on any atom is 0.310 e. The van der Waals surface area contributed by atoms with Crippen LogP contribution in [0.2, 0.25) is 5.02 Å². The van der Waals surface area contributed by atoms with Gasteiger partial charge >= 0.3 is 5.69 Å². The molecule has 2 rings (SSSR count). The minimum atomic E-state index is -0.645. The van der Waals surface area contributed by atoms with Gasteiger partial charge in [-0.3, -0.25) is 14.9 Å². The Bertz CT molecular complexity index is 856. The highest BCUT2D eigenvalue weighted by atomic mass is 35.5. The summed E-state index contributed by atoms with van der Waals surface area (Å²) >= 11 is 5.88. The Balaban J connectivity index is 1.97. The fourth-order valence-corrected chi connectivity index (χ4v) is 2.14. The molecule has 0 aliphatic heterocycles. The Morgan fingerprint density at radius 2 is 2.12 bits per heavy atom. The number of carbonyl (C=O) groups excluding carboxylic acids is 1. The first-order valence-corrected chi connectivity index (χ1v) is 7.54. The molecule has 2 aromatic carbocycles. The van der Waals surface area contributed by atoms with Gasteiger partial charge in [0.05, 0.1) is 18.2 Å². The number of para-hydroxylation sites is 2. The van der Waals surface area contributed by atoms with Crippen molar-refractivity contribution in [2.75, 3.05) is 13.7 Å². The van der Waals surface area contributed by atoms with E-state index in [-0.39, 0.29) is 28.5 Å². The monoisotopic (exact) mass is 379 g/mol. The van der Waals surface area contributed by atoms with Crippen LogP contribution in [0.25, 0.3) is 0 Å². The highest BCUT2D eigenvalue weighted by Gasteiger charge is 2.14. The summed E-state index contributed by atoms with van der Waals surface area (Å²) in [6.07, 6.45) is 1.17. The Morgan fingerprint density at radius 3 is 2.81 bits per heavy atom. The third-order valence-corrected chi connectivity index (χ3v) is 3.32. The minimum Gasteiger partial charge on any atom is -0.504 e. The van der Waals surface area contributed by atoms with Crippen molar-refractivity contribution in [1.82, 2.24) is 5.43 Å². The SMILES string of the molecule is COc1cc(Cl)cc(/C=N/NC(=O)COc2ccccc2[N+](=O)[O-])c1O. The predicted molar refractivity (Wildman–Crippen MR) is 94.0 cm³/mol. The van der Waals surface area contributed by atoms with Gasteiger partial charge in [-0.15, -0.1) is 0 Å². The fourth-order valence-electron chi connectivity index (χ4n) is 1.93. The first-order valence-electron chi connectivity index (χ1n) is 7.17. The van der Waals surface area contributed by atoms with Gasteiger partial charge in [0.2, 0.25) is 0 Å². The summed E-state index contributed by atoms with van der Waals surface area (Å²) in [4.78, 5) is 22.0. The van der Waals surface area contributed by atoms with E-state index in [1.54, 1.807) is 6.07 Å². The highest BCUT2D eigenvalue weighted by molar-refractivity contribution is 6.31. The van der Waals surface area contributed by atoms with E-state index < -0.39 is 17.4 Å².